The van der Waals surface area contributed by atoms with Gasteiger partial charge in [0, 0.05) is 12.4 Å². The smallest absolute Gasteiger partial charge is 0.265 e. The number of hydrogen-bond acceptors (Lipinski definition) is 1. The molecule has 2 aromatic rings. The van der Waals surface area contributed by atoms with Gasteiger partial charge in [0.2, 0.25) is 0 Å². The molecule has 0 aliphatic rings. The Morgan fingerprint density at radius 3 is 2.71 bits per heavy atom. The van der Waals surface area contributed by atoms with Crippen molar-refractivity contribution in [1.29, 1.82) is 0 Å². The van der Waals surface area contributed by atoms with Gasteiger partial charge in [-0.25, -0.2) is 0 Å². The lowest BCUT2D eigenvalue weighted by molar-refractivity contribution is 0.898. The Bertz CT molecular complexity index is 562. The highest BCUT2D eigenvalue weighted by molar-refractivity contribution is 14.1. The predicted molar refractivity (Wildman–Crippen MR) is 66.9 cm³/mol. The van der Waals surface area contributed by atoms with Gasteiger partial charge in [0.25, 0.3) is 5.56 Å². The van der Waals surface area contributed by atoms with Crippen LogP contribution in [0.1, 0.15) is 0 Å². The van der Waals surface area contributed by atoms with E-state index < -0.39 is 0 Å². The number of aryl methyl sites for hydroxylation is 1. The quantitative estimate of drug-likeness (QED) is 0.685. The number of benzene rings is 1. The number of pyridine rings is 1. The lowest BCUT2D eigenvalue weighted by atomic mass is 10.2. The molecule has 14 heavy (non-hydrogen) atoms. The summed E-state index contributed by atoms with van der Waals surface area (Å²) in [5.41, 5.74) is 0.817. The maximum atomic E-state index is 11.7. The molecule has 2 nitrogen and oxygen atoms in total. The Kier molecular flexibility index (Phi) is 2.53. The van der Waals surface area contributed by atoms with Crippen molar-refractivity contribution in [2.45, 2.75) is 0 Å². The maximum absolute atomic E-state index is 11.7. The summed E-state index contributed by atoms with van der Waals surface area (Å²) in [4.78, 5) is 11.7. The molecule has 0 saturated heterocycles. The second kappa shape index (κ2) is 3.55. The molecule has 2 rings (SSSR count). The molecular weight excluding hydrogens is 312 g/mol. The van der Waals surface area contributed by atoms with E-state index in [-0.39, 0.29) is 5.56 Å². The van der Waals surface area contributed by atoms with Crippen LogP contribution >= 0.6 is 34.2 Å². The number of hydrogen-bond donors (Lipinski definition) is 0. The van der Waals surface area contributed by atoms with E-state index >= 15 is 0 Å². The van der Waals surface area contributed by atoms with Crippen molar-refractivity contribution in [2.24, 2.45) is 7.05 Å². The summed E-state index contributed by atoms with van der Waals surface area (Å²) in [5, 5.41) is 1.46. The molecule has 0 N–H and O–H groups in total. The first-order valence-corrected chi connectivity index (χ1v) is 5.51. The third-order valence-corrected chi connectivity index (χ3v) is 3.90. The SMILES string of the molecule is Cn1c(=O)c(I)c(Cl)c2ccccc21. The first kappa shape index (κ1) is 9.98. The molecule has 0 atom stereocenters. The summed E-state index contributed by atoms with van der Waals surface area (Å²) in [6, 6.07) is 7.61. The standard InChI is InChI=1S/C10H7ClINO/c1-13-7-5-3-2-4-6(7)8(11)9(12)10(13)14/h2-5H,1H3. The lowest BCUT2D eigenvalue weighted by Gasteiger charge is -2.07. The van der Waals surface area contributed by atoms with Gasteiger partial charge in [0.1, 0.15) is 0 Å². The molecule has 0 amide bonds. The Balaban J connectivity index is 3.10. The highest BCUT2D eigenvalue weighted by Gasteiger charge is 2.09. The van der Waals surface area contributed by atoms with Crippen LogP contribution < -0.4 is 5.56 Å². The zero-order valence-corrected chi connectivity index (χ0v) is 10.3. The molecule has 1 aromatic heterocycles. The van der Waals surface area contributed by atoms with Gasteiger partial charge in [-0.15, -0.1) is 0 Å². The first-order valence-electron chi connectivity index (χ1n) is 4.05. The van der Waals surface area contributed by atoms with Crippen molar-refractivity contribution in [1.82, 2.24) is 4.57 Å². The molecule has 0 unspecified atom stereocenters. The molecule has 0 fully saturated rings. The summed E-state index contributed by atoms with van der Waals surface area (Å²) < 4.78 is 2.19. The van der Waals surface area contributed by atoms with E-state index in [1.54, 1.807) is 11.6 Å². The van der Waals surface area contributed by atoms with Gasteiger partial charge in [-0.3, -0.25) is 4.79 Å². The Morgan fingerprint density at radius 1 is 1.36 bits per heavy atom. The minimum atomic E-state index is -0.0469. The number of rotatable bonds is 0. The van der Waals surface area contributed by atoms with Gasteiger partial charge in [-0.2, -0.15) is 0 Å². The van der Waals surface area contributed by atoms with E-state index in [4.69, 9.17) is 11.6 Å². The Hall–Kier alpha value is -0.550. The van der Waals surface area contributed by atoms with Crippen LogP contribution in [0.5, 0.6) is 0 Å². The number of nitrogens with zero attached hydrogens (tertiary/aromatic N) is 1. The largest absolute Gasteiger partial charge is 0.310 e. The topological polar surface area (TPSA) is 22.0 Å². The summed E-state index contributed by atoms with van der Waals surface area (Å²) in [5.74, 6) is 0. The van der Waals surface area contributed by atoms with Crippen LogP contribution in [0.2, 0.25) is 5.02 Å². The second-order valence-electron chi connectivity index (χ2n) is 3.01. The van der Waals surface area contributed by atoms with Crippen molar-refractivity contribution < 1.29 is 0 Å². The van der Waals surface area contributed by atoms with Crippen LogP contribution in [0.4, 0.5) is 0 Å². The van der Waals surface area contributed by atoms with Crippen LogP contribution in [0.15, 0.2) is 29.1 Å². The summed E-state index contributed by atoms with van der Waals surface area (Å²) in [6.45, 7) is 0. The molecule has 0 aliphatic heterocycles. The number of fused-ring (bicyclic) bond motifs is 1. The molecular formula is C10H7ClINO. The monoisotopic (exact) mass is 319 g/mol. The van der Waals surface area contributed by atoms with Crippen molar-refractivity contribution in [3.05, 3.63) is 43.2 Å². The van der Waals surface area contributed by atoms with Crippen LogP contribution in [-0.4, -0.2) is 4.57 Å². The van der Waals surface area contributed by atoms with E-state index in [1.165, 1.54) is 0 Å². The maximum Gasteiger partial charge on any atom is 0.265 e. The Labute approximate surface area is 99.6 Å². The fourth-order valence-corrected chi connectivity index (χ4v) is 2.31. The van der Waals surface area contributed by atoms with Crippen molar-refractivity contribution >= 4 is 45.1 Å². The third-order valence-electron chi connectivity index (χ3n) is 2.19. The zero-order chi connectivity index (χ0) is 10.3. The lowest BCUT2D eigenvalue weighted by Crippen LogP contribution is -2.20. The van der Waals surface area contributed by atoms with Gasteiger partial charge in [-0.1, -0.05) is 29.8 Å². The summed E-state index contributed by atoms with van der Waals surface area (Å²) >= 11 is 8.06. The normalized spacial score (nSPS) is 10.8. The molecule has 72 valence electrons. The van der Waals surface area contributed by atoms with Crippen molar-refractivity contribution in [2.75, 3.05) is 0 Å². The van der Waals surface area contributed by atoms with Crippen LogP contribution in [0.25, 0.3) is 10.9 Å². The van der Waals surface area contributed by atoms with Crippen molar-refractivity contribution in [3.63, 3.8) is 0 Å². The van der Waals surface area contributed by atoms with Gasteiger partial charge < -0.3 is 4.57 Å². The van der Waals surface area contributed by atoms with Gasteiger partial charge >= 0.3 is 0 Å². The molecule has 0 radical (unpaired) electrons. The molecule has 0 saturated carbocycles. The van der Waals surface area contributed by atoms with E-state index in [0.29, 0.717) is 8.59 Å². The molecule has 1 aromatic carbocycles. The van der Waals surface area contributed by atoms with Crippen LogP contribution in [-0.2, 0) is 7.05 Å². The fourth-order valence-electron chi connectivity index (χ4n) is 1.42. The highest BCUT2D eigenvalue weighted by atomic mass is 127. The van der Waals surface area contributed by atoms with Gasteiger partial charge in [0.05, 0.1) is 14.1 Å². The van der Waals surface area contributed by atoms with E-state index in [2.05, 4.69) is 0 Å². The average Bonchev–Trinajstić information content (AvgIpc) is 2.23. The number of aromatic nitrogens is 1. The highest BCUT2D eigenvalue weighted by Crippen LogP contribution is 2.24. The minimum Gasteiger partial charge on any atom is -0.310 e. The van der Waals surface area contributed by atoms with E-state index in [9.17, 15) is 4.79 Å². The van der Waals surface area contributed by atoms with E-state index in [0.717, 1.165) is 10.9 Å². The van der Waals surface area contributed by atoms with Gasteiger partial charge in [-0.05, 0) is 28.7 Å². The number of para-hydroxylation sites is 1. The zero-order valence-electron chi connectivity index (χ0n) is 7.42. The number of halogens is 2. The fraction of sp³-hybridized carbons (Fsp3) is 0.100. The second-order valence-corrected chi connectivity index (χ2v) is 4.47. The van der Waals surface area contributed by atoms with Crippen LogP contribution in [0, 0.1) is 3.57 Å². The molecule has 0 spiro atoms. The van der Waals surface area contributed by atoms with E-state index in [1.807, 2.05) is 46.9 Å². The molecule has 1 heterocycles. The van der Waals surface area contributed by atoms with Crippen LogP contribution in [0.3, 0.4) is 0 Å². The predicted octanol–water partition coefficient (Wildman–Crippen LogP) is 2.80. The summed E-state index contributed by atoms with van der Waals surface area (Å²) in [7, 11) is 1.75. The first-order chi connectivity index (χ1) is 6.63. The third kappa shape index (κ3) is 1.35. The average molecular weight is 320 g/mol. The minimum absolute atomic E-state index is 0.0469. The summed E-state index contributed by atoms with van der Waals surface area (Å²) in [6.07, 6.45) is 0. The molecule has 0 bridgehead atoms. The molecule has 0 aliphatic carbocycles. The van der Waals surface area contributed by atoms with Crippen molar-refractivity contribution in [3.8, 4) is 0 Å². The Morgan fingerprint density at radius 2 is 2.00 bits per heavy atom. The molecule has 4 heteroatoms. The van der Waals surface area contributed by atoms with Gasteiger partial charge in [0.15, 0.2) is 0 Å².